The van der Waals surface area contributed by atoms with E-state index in [1.807, 2.05) is 0 Å². The fourth-order valence-electron chi connectivity index (χ4n) is 3.58. The van der Waals surface area contributed by atoms with E-state index in [0.717, 1.165) is 19.5 Å². The van der Waals surface area contributed by atoms with Gasteiger partial charge in [-0.25, -0.2) is 0 Å². The van der Waals surface area contributed by atoms with Crippen molar-refractivity contribution in [1.82, 2.24) is 4.90 Å². The topological polar surface area (TPSA) is 40.5 Å². The van der Waals surface area contributed by atoms with Gasteiger partial charge in [-0.3, -0.25) is 9.69 Å². The first-order valence-electron chi connectivity index (χ1n) is 8.00. The van der Waals surface area contributed by atoms with Crippen molar-refractivity contribution in [2.75, 3.05) is 13.1 Å². The molecule has 1 atom stereocenters. The van der Waals surface area contributed by atoms with Gasteiger partial charge in [0.2, 0.25) is 0 Å². The number of hydrogen-bond acceptors (Lipinski definition) is 2. The Morgan fingerprint density at radius 2 is 1.71 bits per heavy atom. The Morgan fingerprint density at radius 3 is 2.24 bits per heavy atom. The molecule has 1 N–H and O–H groups in total. The normalized spacial score (nSPS) is 17.7. The summed E-state index contributed by atoms with van der Waals surface area (Å²) < 4.78 is 0. The van der Waals surface area contributed by atoms with Crippen molar-refractivity contribution >= 4 is 5.97 Å². The lowest BCUT2D eigenvalue weighted by molar-refractivity contribution is -0.138. The van der Waals surface area contributed by atoms with Crippen molar-refractivity contribution in [3.8, 4) is 0 Å². The van der Waals surface area contributed by atoms with Crippen molar-refractivity contribution in [3.63, 3.8) is 0 Å². The van der Waals surface area contributed by atoms with Crippen LogP contribution in [0.2, 0.25) is 0 Å². The highest BCUT2D eigenvalue weighted by molar-refractivity contribution is 5.67. The van der Waals surface area contributed by atoms with E-state index in [4.69, 9.17) is 0 Å². The van der Waals surface area contributed by atoms with Gasteiger partial charge in [0.1, 0.15) is 0 Å². The molecule has 0 bridgehead atoms. The minimum absolute atomic E-state index is 0.128. The van der Waals surface area contributed by atoms with E-state index in [0.29, 0.717) is 0 Å². The summed E-state index contributed by atoms with van der Waals surface area (Å²) in [4.78, 5) is 13.6. The van der Waals surface area contributed by atoms with Crippen LogP contribution < -0.4 is 0 Å². The fourth-order valence-corrected chi connectivity index (χ4v) is 3.58. The second-order valence-corrected chi connectivity index (χ2v) is 6.43. The molecule has 1 aromatic carbocycles. The number of likely N-dealkylation sites (tertiary alicyclic amines) is 1. The minimum Gasteiger partial charge on any atom is -0.481 e. The second kappa shape index (κ2) is 7.08. The summed E-state index contributed by atoms with van der Waals surface area (Å²) in [7, 11) is 0. The first-order valence-corrected chi connectivity index (χ1v) is 8.00. The largest absolute Gasteiger partial charge is 0.481 e. The molecule has 0 aliphatic carbocycles. The summed E-state index contributed by atoms with van der Waals surface area (Å²) >= 11 is 0. The van der Waals surface area contributed by atoms with E-state index in [-0.39, 0.29) is 12.5 Å². The summed E-state index contributed by atoms with van der Waals surface area (Å²) in [5, 5.41) is 9.25. The summed E-state index contributed by atoms with van der Waals surface area (Å²) in [6.07, 6.45) is 4.76. The van der Waals surface area contributed by atoms with Gasteiger partial charge in [0.05, 0.1) is 6.42 Å². The predicted molar refractivity (Wildman–Crippen MR) is 85.8 cm³/mol. The van der Waals surface area contributed by atoms with Crippen LogP contribution >= 0.6 is 0 Å². The van der Waals surface area contributed by atoms with Gasteiger partial charge in [0, 0.05) is 6.04 Å². The Morgan fingerprint density at radius 1 is 1.14 bits per heavy atom. The number of carbonyl (C=O) groups is 1. The van der Waals surface area contributed by atoms with E-state index in [2.05, 4.69) is 37.8 Å². The number of piperidine rings is 1. The van der Waals surface area contributed by atoms with Gasteiger partial charge in [-0.2, -0.15) is 0 Å². The van der Waals surface area contributed by atoms with Crippen molar-refractivity contribution in [3.05, 3.63) is 34.4 Å². The van der Waals surface area contributed by atoms with Gasteiger partial charge in [0.15, 0.2) is 0 Å². The van der Waals surface area contributed by atoms with Gasteiger partial charge in [-0.1, -0.05) is 24.1 Å². The van der Waals surface area contributed by atoms with Crippen LogP contribution in [0, 0.1) is 20.8 Å². The third-order valence-corrected chi connectivity index (χ3v) is 4.60. The molecule has 3 heteroatoms. The number of hydrogen-bond donors (Lipinski definition) is 1. The molecule has 1 aromatic rings. The van der Waals surface area contributed by atoms with E-state index in [1.165, 1.54) is 41.5 Å². The number of rotatable bonds is 5. The molecule has 1 heterocycles. The first-order chi connectivity index (χ1) is 9.97. The van der Waals surface area contributed by atoms with Crippen molar-refractivity contribution < 1.29 is 9.90 Å². The third kappa shape index (κ3) is 4.31. The number of nitrogens with zero attached hydrogens (tertiary/aromatic N) is 1. The summed E-state index contributed by atoms with van der Waals surface area (Å²) in [6, 6.07) is 4.54. The van der Waals surface area contributed by atoms with Gasteiger partial charge in [-0.05, 0) is 69.8 Å². The zero-order valence-electron chi connectivity index (χ0n) is 13.5. The molecule has 3 nitrogen and oxygen atoms in total. The van der Waals surface area contributed by atoms with Crippen LogP contribution in [-0.4, -0.2) is 35.1 Å². The van der Waals surface area contributed by atoms with Crippen LogP contribution in [0.5, 0.6) is 0 Å². The maximum Gasteiger partial charge on any atom is 0.304 e. The zero-order valence-corrected chi connectivity index (χ0v) is 13.5. The molecule has 0 aromatic heterocycles. The van der Waals surface area contributed by atoms with E-state index in [9.17, 15) is 9.90 Å². The lowest BCUT2D eigenvalue weighted by Crippen LogP contribution is -2.42. The van der Waals surface area contributed by atoms with Crippen LogP contribution in [0.3, 0.4) is 0 Å². The van der Waals surface area contributed by atoms with E-state index in [1.54, 1.807) is 0 Å². The van der Waals surface area contributed by atoms with E-state index >= 15 is 0 Å². The average molecular weight is 289 g/mol. The molecular weight excluding hydrogens is 262 g/mol. The second-order valence-electron chi connectivity index (χ2n) is 6.43. The summed E-state index contributed by atoms with van der Waals surface area (Å²) in [6.45, 7) is 8.49. The number of carboxylic acid groups (broad SMARTS) is 1. The zero-order chi connectivity index (χ0) is 15.4. The number of benzene rings is 1. The molecule has 0 radical (unpaired) electrons. The highest BCUT2D eigenvalue weighted by Gasteiger charge is 2.24. The number of aliphatic carboxylic acids is 1. The molecule has 116 valence electrons. The van der Waals surface area contributed by atoms with E-state index < -0.39 is 5.97 Å². The smallest absolute Gasteiger partial charge is 0.304 e. The Bertz CT molecular complexity index is 481. The Kier molecular flexibility index (Phi) is 5.40. The average Bonchev–Trinajstić information content (AvgIpc) is 2.42. The monoisotopic (exact) mass is 289 g/mol. The molecule has 0 amide bonds. The first kappa shape index (κ1) is 16.0. The van der Waals surface area contributed by atoms with Crippen molar-refractivity contribution in [2.45, 2.75) is 58.9 Å². The molecule has 2 rings (SSSR count). The molecule has 1 fully saturated rings. The van der Waals surface area contributed by atoms with Crippen LogP contribution in [0.4, 0.5) is 0 Å². The van der Waals surface area contributed by atoms with Gasteiger partial charge in [-0.15, -0.1) is 0 Å². The molecule has 1 saturated heterocycles. The number of aryl methyl sites for hydroxylation is 3. The van der Waals surface area contributed by atoms with Crippen LogP contribution in [0.15, 0.2) is 12.1 Å². The summed E-state index contributed by atoms with van der Waals surface area (Å²) in [5.41, 5.74) is 5.19. The van der Waals surface area contributed by atoms with Crippen LogP contribution in [-0.2, 0) is 11.2 Å². The van der Waals surface area contributed by atoms with Crippen LogP contribution in [0.1, 0.15) is 47.9 Å². The van der Waals surface area contributed by atoms with Gasteiger partial charge in [0.25, 0.3) is 0 Å². The lowest BCUT2D eigenvalue weighted by atomic mass is 9.92. The molecule has 1 unspecified atom stereocenters. The highest BCUT2D eigenvalue weighted by atomic mass is 16.4. The standard InChI is InChI=1S/C18H27NO2/c1-13-9-14(2)17(15(3)10-13)11-16(12-18(20)21)19-7-5-4-6-8-19/h9-10,16H,4-8,11-12H2,1-3H3,(H,20,21). The van der Waals surface area contributed by atoms with Crippen molar-refractivity contribution in [2.24, 2.45) is 0 Å². The van der Waals surface area contributed by atoms with Crippen molar-refractivity contribution in [1.29, 1.82) is 0 Å². The predicted octanol–water partition coefficient (Wildman–Crippen LogP) is 3.48. The lowest BCUT2D eigenvalue weighted by Gasteiger charge is -2.34. The maximum atomic E-state index is 11.2. The molecular formula is C18H27NO2. The van der Waals surface area contributed by atoms with Crippen LogP contribution in [0.25, 0.3) is 0 Å². The Hall–Kier alpha value is -1.35. The van der Waals surface area contributed by atoms with Gasteiger partial charge < -0.3 is 5.11 Å². The summed E-state index contributed by atoms with van der Waals surface area (Å²) in [5.74, 6) is -0.687. The number of carboxylic acids is 1. The maximum absolute atomic E-state index is 11.2. The minimum atomic E-state index is -0.687. The highest BCUT2D eigenvalue weighted by Crippen LogP contribution is 2.23. The Labute approximate surface area is 128 Å². The fraction of sp³-hybridized carbons (Fsp3) is 0.611. The molecule has 1 aliphatic heterocycles. The molecule has 1 aliphatic rings. The Balaban J connectivity index is 2.19. The quantitative estimate of drug-likeness (QED) is 0.902. The van der Waals surface area contributed by atoms with Gasteiger partial charge >= 0.3 is 5.97 Å². The molecule has 21 heavy (non-hydrogen) atoms. The SMILES string of the molecule is Cc1cc(C)c(CC(CC(=O)O)N2CCCCC2)c(C)c1. The molecule has 0 spiro atoms. The third-order valence-electron chi connectivity index (χ3n) is 4.60. The molecule has 0 saturated carbocycles.